The number of rotatable bonds is 5. The molecule has 0 saturated carbocycles. The van der Waals surface area contributed by atoms with Gasteiger partial charge in [0, 0.05) is 31.4 Å². The van der Waals surface area contributed by atoms with E-state index < -0.39 is 0 Å². The zero-order chi connectivity index (χ0) is 14.4. The third kappa shape index (κ3) is 3.71. The van der Waals surface area contributed by atoms with Gasteiger partial charge in [-0.3, -0.25) is 0 Å². The molecule has 1 saturated heterocycles. The van der Waals surface area contributed by atoms with E-state index in [0.717, 1.165) is 37.2 Å². The summed E-state index contributed by atoms with van der Waals surface area (Å²) < 4.78 is 5.39. The predicted molar refractivity (Wildman–Crippen MR) is 78.8 cm³/mol. The minimum atomic E-state index is 0.154. The van der Waals surface area contributed by atoms with E-state index in [-0.39, 0.29) is 5.84 Å². The van der Waals surface area contributed by atoms with Gasteiger partial charge in [0.05, 0.1) is 0 Å². The fourth-order valence-corrected chi connectivity index (χ4v) is 2.63. The molecule has 0 spiro atoms. The lowest BCUT2D eigenvalue weighted by atomic mass is 9.92. The Labute approximate surface area is 119 Å². The van der Waals surface area contributed by atoms with E-state index in [1.807, 2.05) is 24.3 Å². The summed E-state index contributed by atoms with van der Waals surface area (Å²) in [6, 6.07) is 8.14. The van der Waals surface area contributed by atoms with Gasteiger partial charge in [0.25, 0.3) is 0 Å². The van der Waals surface area contributed by atoms with E-state index >= 15 is 0 Å². The van der Waals surface area contributed by atoms with Gasteiger partial charge in [0.1, 0.15) is 0 Å². The molecule has 1 fully saturated rings. The molecule has 110 valence electrons. The van der Waals surface area contributed by atoms with Gasteiger partial charge in [0.15, 0.2) is 5.84 Å². The molecule has 0 aromatic heterocycles. The van der Waals surface area contributed by atoms with Crippen molar-refractivity contribution in [2.45, 2.75) is 32.4 Å². The van der Waals surface area contributed by atoms with Crippen molar-refractivity contribution in [2.75, 3.05) is 13.2 Å². The van der Waals surface area contributed by atoms with Crippen molar-refractivity contribution in [1.29, 1.82) is 0 Å². The molecule has 1 aliphatic heterocycles. The maximum atomic E-state index is 8.82. The molecule has 0 radical (unpaired) electrons. The molecule has 1 unspecified atom stereocenters. The SMILES string of the molecule is CC(NCc1ccccc1/C(N)=N/O)C1CCOCC1. The summed E-state index contributed by atoms with van der Waals surface area (Å²) in [6.07, 6.45) is 2.21. The average molecular weight is 277 g/mol. The Morgan fingerprint density at radius 3 is 2.85 bits per heavy atom. The van der Waals surface area contributed by atoms with Gasteiger partial charge >= 0.3 is 0 Å². The number of hydrogen-bond acceptors (Lipinski definition) is 4. The van der Waals surface area contributed by atoms with E-state index in [1.165, 1.54) is 0 Å². The fourth-order valence-electron chi connectivity index (χ4n) is 2.63. The second-order valence-electron chi connectivity index (χ2n) is 5.26. The number of nitrogens with two attached hydrogens (primary N) is 1. The third-order valence-electron chi connectivity index (χ3n) is 3.99. The van der Waals surface area contributed by atoms with E-state index in [0.29, 0.717) is 18.5 Å². The maximum absolute atomic E-state index is 8.82. The molecule has 0 amide bonds. The quantitative estimate of drug-likeness (QED) is 0.331. The van der Waals surface area contributed by atoms with Gasteiger partial charge in [0.2, 0.25) is 0 Å². The van der Waals surface area contributed by atoms with Crippen LogP contribution in [0.5, 0.6) is 0 Å². The van der Waals surface area contributed by atoms with E-state index in [4.69, 9.17) is 15.7 Å². The van der Waals surface area contributed by atoms with Gasteiger partial charge in [-0.15, -0.1) is 0 Å². The summed E-state index contributed by atoms with van der Waals surface area (Å²) in [5, 5.41) is 15.4. The van der Waals surface area contributed by atoms with Crippen molar-refractivity contribution in [3.05, 3.63) is 35.4 Å². The molecule has 1 aliphatic rings. The molecule has 2 rings (SSSR count). The molecular formula is C15H23N3O2. The molecule has 0 bridgehead atoms. The Bertz CT molecular complexity index is 456. The van der Waals surface area contributed by atoms with Crippen LogP contribution in [0.1, 0.15) is 30.9 Å². The number of amidine groups is 1. The number of oxime groups is 1. The molecule has 20 heavy (non-hydrogen) atoms. The highest BCUT2D eigenvalue weighted by Crippen LogP contribution is 2.19. The molecule has 1 aromatic carbocycles. The normalized spacial score (nSPS) is 18.9. The molecule has 5 nitrogen and oxygen atoms in total. The van der Waals surface area contributed by atoms with Gasteiger partial charge in [-0.25, -0.2) is 0 Å². The average Bonchev–Trinajstić information content (AvgIpc) is 2.53. The molecule has 0 aliphatic carbocycles. The lowest BCUT2D eigenvalue weighted by molar-refractivity contribution is 0.0558. The second-order valence-corrected chi connectivity index (χ2v) is 5.26. The highest BCUT2D eigenvalue weighted by molar-refractivity contribution is 5.98. The van der Waals surface area contributed by atoms with Crippen LogP contribution in [-0.4, -0.2) is 30.3 Å². The standard InChI is InChI=1S/C15H23N3O2/c1-11(12-6-8-20-9-7-12)17-10-13-4-2-3-5-14(13)15(16)18-19/h2-5,11-12,17,19H,6-10H2,1H3,(H2,16,18). The van der Waals surface area contributed by atoms with Crippen molar-refractivity contribution >= 4 is 5.84 Å². The number of nitrogens with one attached hydrogen (secondary N) is 1. The first kappa shape index (κ1) is 14.8. The summed E-state index contributed by atoms with van der Waals surface area (Å²) in [4.78, 5) is 0. The largest absolute Gasteiger partial charge is 0.409 e. The van der Waals surface area contributed by atoms with Gasteiger partial charge < -0.3 is 21.0 Å². The van der Waals surface area contributed by atoms with Crippen LogP contribution in [0.3, 0.4) is 0 Å². The minimum Gasteiger partial charge on any atom is -0.409 e. The summed E-state index contributed by atoms with van der Waals surface area (Å²) in [6.45, 7) is 4.64. The Morgan fingerprint density at radius 1 is 1.45 bits per heavy atom. The van der Waals surface area contributed by atoms with E-state index in [9.17, 15) is 0 Å². The van der Waals surface area contributed by atoms with Crippen molar-refractivity contribution in [3.8, 4) is 0 Å². The highest BCUT2D eigenvalue weighted by Gasteiger charge is 2.20. The van der Waals surface area contributed by atoms with Gasteiger partial charge in [-0.05, 0) is 31.2 Å². The van der Waals surface area contributed by atoms with Crippen LogP contribution in [0, 0.1) is 5.92 Å². The molecule has 4 N–H and O–H groups in total. The van der Waals surface area contributed by atoms with Crippen LogP contribution in [0.4, 0.5) is 0 Å². The van der Waals surface area contributed by atoms with Crippen molar-refractivity contribution in [3.63, 3.8) is 0 Å². The van der Waals surface area contributed by atoms with Crippen molar-refractivity contribution < 1.29 is 9.94 Å². The lowest BCUT2D eigenvalue weighted by Gasteiger charge is -2.28. The minimum absolute atomic E-state index is 0.154. The maximum Gasteiger partial charge on any atom is 0.170 e. The summed E-state index contributed by atoms with van der Waals surface area (Å²) in [5.41, 5.74) is 7.52. The number of nitrogens with zero attached hydrogens (tertiary/aromatic N) is 1. The monoisotopic (exact) mass is 277 g/mol. The topological polar surface area (TPSA) is 79.9 Å². The first-order valence-electron chi connectivity index (χ1n) is 7.09. The lowest BCUT2D eigenvalue weighted by Crippen LogP contribution is -2.36. The molecule has 5 heteroatoms. The molecular weight excluding hydrogens is 254 g/mol. The summed E-state index contributed by atoms with van der Waals surface area (Å²) >= 11 is 0. The molecule has 1 atom stereocenters. The predicted octanol–water partition coefficient (Wildman–Crippen LogP) is 1.69. The van der Waals surface area contributed by atoms with Crippen LogP contribution in [-0.2, 0) is 11.3 Å². The molecule has 1 aromatic rings. The Hall–Kier alpha value is -1.59. The van der Waals surface area contributed by atoms with E-state index in [1.54, 1.807) is 0 Å². The fraction of sp³-hybridized carbons (Fsp3) is 0.533. The zero-order valence-corrected chi connectivity index (χ0v) is 11.9. The van der Waals surface area contributed by atoms with Gasteiger partial charge in [-0.2, -0.15) is 0 Å². The van der Waals surface area contributed by atoms with Crippen LogP contribution in [0.25, 0.3) is 0 Å². The van der Waals surface area contributed by atoms with Gasteiger partial charge in [-0.1, -0.05) is 29.4 Å². The molecule has 1 heterocycles. The summed E-state index contributed by atoms with van der Waals surface area (Å²) in [5.74, 6) is 0.806. The first-order chi connectivity index (χ1) is 9.72. The Kier molecular flexibility index (Phi) is 5.38. The Balaban J connectivity index is 1.96. The van der Waals surface area contributed by atoms with Crippen LogP contribution < -0.4 is 11.1 Å². The zero-order valence-electron chi connectivity index (χ0n) is 11.9. The van der Waals surface area contributed by atoms with E-state index in [2.05, 4.69) is 17.4 Å². The smallest absolute Gasteiger partial charge is 0.170 e. The number of hydrogen-bond donors (Lipinski definition) is 3. The van der Waals surface area contributed by atoms with Crippen molar-refractivity contribution in [2.24, 2.45) is 16.8 Å². The third-order valence-corrected chi connectivity index (χ3v) is 3.99. The highest BCUT2D eigenvalue weighted by atomic mass is 16.5. The summed E-state index contributed by atoms with van der Waals surface area (Å²) in [7, 11) is 0. The number of benzene rings is 1. The first-order valence-corrected chi connectivity index (χ1v) is 7.09. The van der Waals surface area contributed by atoms with Crippen LogP contribution in [0.15, 0.2) is 29.4 Å². The Morgan fingerprint density at radius 2 is 2.15 bits per heavy atom. The van der Waals surface area contributed by atoms with Crippen LogP contribution in [0.2, 0.25) is 0 Å². The second kappa shape index (κ2) is 7.26. The van der Waals surface area contributed by atoms with Crippen LogP contribution >= 0.6 is 0 Å². The van der Waals surface area contributed by atoms with Crippen molar-refractivity contribution in [1.82, 2.24) is 5.32 Å². The number of ether oxygens (including phenoxy) is 1.